The van der Waals surface area contributed by atoms with Crippen molar-refractivity contribution >= 4 is 0 Å². The summed E-state index contributed by atoms with van der Waals surface area (Å²) in [5, 5.41) is 0. The molecular formula is C35H48. The van der Waals surface area contributed by atoms with Gasteiger partial charge in [0.15, 0.2) is 0 Å². The Morgan fingerprint density at radius 2 is 0.429 bits per heavy atom. The molecule has 3 aromatic rings. The zero-order valence-electron chi connectivity index (χ0n) is 25.1. The van der Waals surface area contributed by atoms with Crippen LogP contribution in [0, 0.1) is 90.0 Å². The summed E-state index contributed by atoms with van der Waals surface area (Å²) in [6.45, 7) is 32.5. The summed E-state index contributed by atoms with van der Waals surface area (Å²) >= 11 is 0. The Labute approximate surface area is 216 Å². The second-order valence-electron chi connectivity index (χ2n) is 11.2. The highest BCUT2D eigenvalue weighted by Crippen LogP contribution is 2.35. The zero-order valence-corrected chi connectivity index (χ0v) is 25.1. The molecule has 3 rings (SSSR count). The van der Waals surface area contributed by atoms with E-state index in [9.17, 15) is 0 Å². The lowest BCUT2D eigenvalue weighted by Crippen LogP contribution is -2.11. The molecule has 0 N–H and O–H groups in total. The first-order chi connectivity index (χ1) is 16.3. The van der Waals surface area contributed by atoms with Gasteiger partial charge in [-0.25, -0.2) is 0 Å². The summed E-state index contributed by atoms with van der Waals surface area (Å²) in [6.07, 6.45) is 3.17. The van der Waals surface area contributed by atoms with Crippen molar-refractivity contribution in [1.82, 2.24) is 0 Å². The van der Waals surface area contributed by atoms with Gasteiger partial charge in [-0.2, -0.15) is 0 Å². The predicted octanol–water partition coefficient (Wildman–Crippen LogP) is 9.44. The van der Waals surface area contributed by atoms with E-state index in [0.717, 1.165) is 19.3 Å². The molecule has 0 saturated heterocycles. The molecule has 188 valence electrons. The van der Waals surface area contributed by atoms with Crippen LogP contribution in [0.5, 0.6) is 0 Å². The van der Waals surface area contributed by atoms with Gasteiger partial charge in [0, 0.05) is 0 Å². The average Bonchev–Trinajstić information content (AvgIpc) is 2.83. The molecule has 0 aliphatic heterocycles. The van der Waals surface area contributed by atoms with Gasteiger partial charge in [-0.3, -0.25) is 0 Å². The van der Waals surface area contributed by atoms with Crippen molar-refractivity contribution in [1.29, 1.82) is 0 Å². The Morgan fingerprint density at radius 1 is 0.257 bits per heavy atom. The van der Waals surface area contributed by atoms with Crippen molar-refractivity contribution in [2.75, 3.05) is 0 Å². The molecule has 0 saturated carbocycles. The minimum absolute atomic E-state index is 1.03. The Kier molecular flexibility index (Phi) is 7.76. The fourth-order valence-electron chi connectivity index (χ4n) is 6.46. The Morgan fingerprint density at radius 3 is 0.657 bits per heavy atom. The van der Waals surface area contributed by atoms with Crippen molar-refractivity contribution in [2.24, 2.45) is 0 Å². The van der Waals surface area contributed by atoms with Crippen molar-refractivity contribution in [3.8, 4) is 0 Å². The third kappa shape index (κ3) is 4.39. The number of benzene rings is 3. The smallest absolute Gasteiger partial charge is 0.00149 e. The van der Waals surface area contributed by atoms with Gasteiger partial charge < -0.3 is 0 Å². The van der Waals surface area contributed by atoms with Crippen LogP contribution in [0.15, 0.2) is 0 Å². The van der Waals surface area contributed by atoms with Gasteiger partial charge in [0.1, 0.15) is 0 Å². The van der Waals surface area contributed by atoms with Crippen molar-refractivity contribution < 1.29 is 0 Å². The first-order valence-electron chi connectivity index (χ1n) is 13.5. The van der Waals surface area contributed by atoms with Crippen molar-refractivity contribution in [3.63, 3.8) is 0 Å². The van der Waals surface area contributed by atoms with Crippen molar-refractivity contribution in [3.05, 3.63) is 100 Å². The zero-order chi connectivity index (χ0) is 26.5. The minimum atomic E-state index is 1.03. The van der Waals surface area contributed by atoms with Gasteiger partial charge in [0.05, 0.1) is 0 Å². The van der Waals surface area contributed by atoms with Crippen LogP contribution < -0.4 is 0 Å². The van der Waals surface area contributed by atoms with E-state index in [1.54, 1.807) is 0 Å². The molecule has 0 spiro atoms. The molecule has 35 heavy (non-hydrogen) atoms. The fourth-order valence-corrected chi connectivity index (χ4v) is 6.46. The van der Waals surface area contributed by atoms with Gasteiger partial charge in [0.2, 0.25) is 0 Å². The normalized spacial score (nSPS) is 11.5. The lowest BCUT2D eigenvalue weighted by molar-refractivity contribution is 0.977. The van der Waals surface area contributed by atoms with Crippen LogP contribution in [0.2, 0.25) is 0 Å². The first kappa shape index (κ1) is 27.3. The van der Waals surface area contributed by atoms with E-state index in [-0.39, 0.29) is 0 Å². The highest BCUT2D eigenvalue weighted by Gasteiger charge is 2.21. The van der Waals surface area contributed by atoms with E-state index >= 15 is 0 Å². The van der Waals surface area contributed by atoms with Crippen LogP contribution in [-0.4, -0.2) is 0 Å². The molecular weight excluding hydrogens is 420 g/mol. The minimum Gasteiger partial charge on any atom is -0.0613 e. The number of hydrogen-bond donors (Lipinski definition) is 0. The van der Waals surface area contributed by atoms with Gasteiger partial charge in [-0.05, 0) is 209 Å². The van der Waals surface area contributed by atoms with E-state index in [0.29, 0.717) is 0 Å². The summed E-state index contributed by atoms with van der Waals surface area (Å²) in [6, 6.07) is 0. The molecule has 0 amide bonds. The second-order valence-corrected chi connectivity index (χ2v) is 11.2. The van der Waals surface area contributed by atoms with Crippen LogP contribution >= 0.6 is 0 Å². The van der Waals surface area contributed by atoms with Crippen LogP contribution in [0.1, 0.15) is 107 Å². The Hall–Kier alpha value is -2.34. The third-order valence-corrected chi connectivity index (χ3v) is 10.1. The lowest BCUT2D eigenvalue weighted by Gasteiger charge is -2.25. The highest BCUT2D eigenvalue weighted by molar-refractivity contribution is 5.58. The highest BCUT2D eigenvalue weighted by atomic mass is 14.3. The number of hydrogen-bond acceptors (Lipinski definition) is 0. The van der Waals surface area contributed by atoms with Crippen LogP contribution in [0.4, 0.5) is 0 Å². The topological polar surface area (TPSA) is 0 Å². The molecule has 3 aromatic carbocycles. The van der Waals surface area contributed by atoms with Gasteiger partial charge >= 0.3 is 0 Å². The molecule has 0 aromatic heterocycles. The molecule has 0 aliphatic rings. The predicted molar refractivity (Wildman–Crippen MR) is 156 cm³/mol. The van der Waals surface area contributed by atoms with Gasteiger partial charge in [-0.1, -0.05) is 6.92 Å². The standard InChI is InChI=1S/C35H48/c1-15-31-23(7)25(9)33(26(10)24(31)8)17-35-29(13)27(11)34(28(12)30(35)14)16-32-21(5)19(3)18(2)20(4)22(32)6/h15-17H2,1-14H3. The SMILES string of the molecule is CCc1c(C)c(C)c(Cc2c(C)c(C)c(Cc3c(C)c(C)c(C)c(C)c3C)c(C)c2C)c(C)c1C. The Balaban J connectivity index is 2.17. The van der Waals surface area contributed by atoms with E-state index in [2.05, 4.69) is 96.9 Å². The molecule has 0 aliphatic carbocycles. The Bertz CT molecular complexity index is 1240. The first-order valence-corrected chi connectivity index (χ1v) is 13.5. The van der Waals surface area contributed by atoms with E-state index in [1.165, 1.54) is 100 Å². The average molecular weight is 469 g/mol. The maximum atomic E-state index is 2.36. The maximum absolute atomic E-state index is 2.36. The third-order valence-electron chi connectivity index (χ3n) is 10.1. The largest absolute Gasteiger partial charge is 0.0613 e. The van der Waals surface area contributed by atoms with Crippen molar-refractivity contribution in [2.45, 2.75) is 116 Å². The summed E-state index contributed by atoms with van der Waals surface area (Å²) in [7, 11) is 0. The summed E-state index contributed by atoms with van der Waals surface area (Å²) in [5.41, 5.74) is 26.8. The number of rotatable bonds is 5. The van der Waals surface area contributed by atoms with E-state index in [4.69, 9.17) is 0 Å². The summed E-state index contributed by atoms with van der Waals surface area (Å²) < 4.78 is 0. The molecule has 0 heteroatoms. The molecule has 0 unspecified atom stereocenters. The molecule has 0 bridgehead atoms. The lowest BCUT2D eigenvalue weighted by atomic mass is 9.79. The summed E-state index contributed by atoms with van der Waals surface area (Å²) in [5.74, 6) is 0. The molecule has 0 nitrogen and oxygen atoms in total. The van der Waals surface area contributed by atoms with Crippen LogP contribution in [0.3, 0.4) is 0 Å². The fraction of sp³-hybridized carbons (Fsp3) is 0.486. The molecule has 0 heterocycles. The van der Waals surface area contributed by atoms with Gasteiger partial charge in [0.25, 0.3) is 0 Å². The van der Waals surface area contributed by atoms with Crippen LogP contribution in [0.25, 0.3) is 0 Å². The van der Waals surface area contributed by atoms with E-state index < -0.39 is 0 Å². The maximum Gasteiger partial charge on any atom is -0.00149 e. The monoisotopic (exact) mass is 468 g/mol. The second kappa shape index (κ2) is 9.96. The van der Waals surface area contributed by atoms with Gasteiger partial charge in [-0.15, -0.1) is 0 Å². The quantitative estimate of drug-likeness (QED) is 0.350. The van der Waals surface area contributed by atoms with E-state index in [1.807, 2.05) is 0 Å². The molecule has 0 radical (unpaired) electrons. The van der Waals surface area contributed by atoms with Crippen LogP contribution in [-0.2, 0) is 19.3 Å². The molecule has 0 fully saturated rings. The summed E-state index contributed by atoms with van der Waals surface area (Å²) in [4.78, 5) is 0. The molecule has 0 atom stereocenters.